The first-order valence-electron chi connectivity index (χ1n) is 11.3. The molecule has 4 rings (SSSR count). The molecule has 0 N–H and O–H groups in total. The second kappa shape index (κ2) is 11.7. The third-order valence-corrected chi connectivity index (χ3v) is 5.08. The van der Waals surface area contributed by atoms with Gasteiger partial charge in [-0.2, -0.15) is 0 Å². The van der Waals surface area contributed by atoms with Crippen LogP contribution in [0.5, 0.6) is 17.4 Å². The van der Waals surface area contributed by atoms with E-state index in [1.54, 1.807) is 62.9 Å². The molecule has 0 radical (unpaired) electrons. The molecule has 4 aromatic rings. The van der Waals surface area contributed by atoms with Crippen LogP contribution in [-0.2, 0) is 22.7 Å². The molecular formula is C27H26N2O7. The first-order chi connectivity index (χ1) is 17.6. The van der Waals surface area contributed by atoms with Crippen LogP contribution in [0.4, 0.5) is 0 Å². The average molecular weight is 491 g/mol. The molecule has 0 fully saturated rings. The van der Waals surface area contributed by atoms with Crippen molar-refractivity contribution in [1.82, 2.24) is 9.97 Å². The quantitative estimate of drug-likeness (QED) is 0.202. The fraction of sp³-hybridized carbons (Fsp3) is 0.222. The van der Waals surface area contributed by atoms with Gasteiger partial charge in [0.1, 0.15) is 24.7 Å². The summed E-state index contributed by atoms with van der Waals surface area (Å²) in [5.41, 5.74) is 2.17. The molecule has 9 nitrogen and oxygen atoms in total. The Bertz CT molecular complexity index is 1330. The highest BCUT2D eigenvalue weighted by Crippen LogP contribution is 2.30. The molecule has 0 spiro atoms. The Morgan fingerprint density at radius 3 is 2.75 bits per heavy atom. The van der Waals surface area contributed by atoms with Gasteiger partial charge >= 0.3 is 5.97 Å². The molecule has 1 aromatic carbocycles. The van der Waals surface area contributed by atoms with Gasteiger partial charge in [0.15, 0.2) is 17.3 Å². The van der Waals surface area contributed by atoms with Crippen LogP contribution < -0.4 is 14.2 Å². The summed E-state index contributed by atoms with van der Waals surface area (Å²) in [5, 5.41) is 0. The van der Waals surface area contributed by atoms with Crippen LogP contribution in [0.1, 0.15) is 29.5 Å². The molecule has 0 atom stereocenters. The maximum atomic E-state index is 11.6. The van der Waals surface area contributed by atoms with E-state index in [1.165, 1.54) is 6.08 Å². The Morgan fingerprint density at radius 2 is 1.97 bits per heavy atom. The van der Waals surface area contributed by atoms with E-state index in [4.69, 9.17) is 27.8 Å². The summed E-state index contributed by atoms with van der Waals surface area (Å²) in [6.07, 6.45) is 6.14. The summed E-state index contributed by atoms with van der Waals surface area (Å²) in [6, 6.07) is 12.6. The van der Waals surface area contributed by atoms with E-state index in [2.05, 4.69) is 9.97 Å². The van der Waals surface area contributed by atoms with E-state index in [9.17, 15) is 4.79 Å². The number of carbonyl (C=O) groups is 1. The predicted octanol–water partition coefficient (Wildman–Crippen LogP) is 5.38. The number of aromatic nitrogens is 2. The zero-order chi connectivity index (χ0) is 25.3. The SMILES string of the molecule is CCOC(=O)C=Cc1cccnc1OCc1ccc(OCc2nc(-c3ccco3)oc2C)c(OC)c1. The average Bonchev–Trinajstić information content (AvgIpc) is 3.56. The monoisotopic (exact) mass is 490 g/mol. The molecule has 186 valence electrons. The molecule has 9 heteroatoms. The minimum Gasteiger partial charge on any atom is -0.493 e. The summed E-state index contributed by atoms with van der Waals surface area (Å²) in [6.45, 7) is 4.33. The molecule has 0 aliphatic rings. The van der Waals surface area contributed by atoms with Crippen molar-refractivity contribution in [3.05, 3.63) is 83.6 Å². The van der Waals surface area contributed by atoms with Gasteiger partial charge in [0.25, 0.3) is 5.89 Å². The smallest absolute Gasteiger partial charge is 0.330 e. The molecule has 0 amide bonds. The van der Waals surface area contributed by atoms with Gasteiger partial charge in [-0.1, -0.05) is 6.07 Å². The zero-order valence-electron chi connectivity index (χ0n) is 20.2. The van der Waals surface area contributed by atoms with E-state index in [-0.39, 0.29) is 13.2 Å². The van der Waals surface area contributed by atoms with E-state index in [0.717, 1.165) is 5.56 Å². The number of esters is 1. The number of benzene rings is 1. The van der Waals surface area contributed by atoms with Crippen LogP contribution in [-0.4, -0.2) is 29.7 Å². The number of ether oxygens (including phenoxy) is 4. The Balaban J connectivity index is 1.40. The van der Waals surface area contributed by atoms with Crippen LogP contribution in [0.25, 0.3) is 17.7 Å². The third kappa shape index (κ3) is 6.12. The number of furan rings is 1. The molecule has 3 heterocycles. The second-order valence-electron chi connectivity index (χ2n) is 7.54. The number of aryl methyl sites for hydroxylation is 1. The molecule has 0 unspecified atom stereocenters. The van der Waals surface area contributed by atoms with Crippen molar-refractivity contribution < 1.29 is 32.6 Å². The minimum absolute atomic E-state index is 0.201. The highest BCUT2D eigenvalue weighted by molar-refractivity contribution is 5.87. The van der Waals surface area contributed by atoms with Crippen LogP contribution in [0, 0.1) is 6.92 Å². The standard InChI is InChI=1S/C27H26N2O7/c1-4-32-25(30)12-10-20-7-5-13-28-26(20)35-16-19-9-11-22(24(15-19)31-3)34-17-21-18(2)36-27(29-21)23-8-6-14-33-23/h5-15H,4,16-17H2,1-3H3. The first kappa shape index (κ1) is 24.6. The number of rotatable bonds is 11. The van der Waals surface area contributed by atoms with Gasteiger partial charge in [-0.15, -0.1) is 0 Å². The summed E-state index contributed by atoms with van der Waals surface area (Å²) in [7, 11) is 1.57. The van der Waals surface area contributed by atoms with Gasteiger partial charge in [0.05, 0.1) is 20.0 Å². The van der Waals surface area contributed by atoms with Crippen molar-refractivity contribution in [1.29, 1.82) is 0 Å². The fourth-order valence-electron chi connectivity index (χ4n) is 3.29. The Labute approximate surface area is 208 Å². The predicted molar refractivity (Wildman–Crippen MR) is 131 cm³/mol. The molecule has 36 heavy (non-hydrogen) atoms. The molecule has 3 aromatic heterocycles. The Kier molecular flexibility index (Phi) is 8.02. The lowest BCUT2D eigenvalue weighted by Crippen LogP contribution is -2.02. The summed E-state index contributed by atoms with van der Waals surface area (Å²) in [4.78, 5) is 20.3. The van der Waals surface area contributed by atoms with Crippen LogP contribution in [0.3, 0.4) is 0 Å². The highest BCUT2D eigenvalue weighted by atomic mass is 16.5. The van der Waals surface area contributed by atoms with E-state index in [0.29, 0.717) is 52.7 Å². The molecule has 0 saturated heterocycles. The largest absolute Gasteiger partial charge is 0.493 e. The van der Waals surface area contributed by atoms with Crippen LogP contribution >= 0.6 is 0 Å². The van der Waals surface area contributed by atoms with Gasteiger partial charge in [-0.25, -0.2) is 14.8 Å². The summed E-state index contributed by atoms with van der Waals surface area (Å²) in [5.74, 6) is 2.68. The second-order valence-corrected chi connectivity index (χ2v) is 7.54. The lowest BCUT2D eigenvalue weighted by atomic mass is 10.2. The van der Waals surface area contributed by atoms with Crippen molar-refractivity contribution in [2.45, 2.75) is 27.1 Å². The lowest BCUT2D eigenvalue weighted by Gasteiger charge is -2.13. The number of oxazole rings is 1. The van der Waals surface area contributed by atoms with E-state index in [1.807, 2.05) is 19.1 Å². The number of hydrogen-bond acceptors (Lipinski definition) is 9. The van der Waals surface area contributed by atoms with Gasteiger partial charge in [0.2, 0.25) is 5.88 Å². The number of pyridine rings is 1. The maximum absolute atomic E-state index is 11.6. The van der Waals surface area contributed by atoms with Crippen molar-refractivity contribution in [3.8, 4) is 29.0 Å². The minimum atomic E-state index is -0.425. The number of carbonyl (C=O) groups excluding carboxylic acids is 1. The maximum Gasteiger partial charge on any atom is 0.330 e. The fourth-order valence-corrected chi connectivity index (χ4v) is 3.29. The van der Waals surface area contributed by atoms with Gasteiger partial charge < -0.3 is 27.8 Å². The zero-order valence-corrected chi connectivity index (χ0v) is 20.2. The van der Waals surface area contributed by atoms with E-state index >= 15 is 0 Å². The Morgan fingerprint density at radius 1 is 1.08 bits per heavy atom. The van der Waals surface area contributed by atoms with Crippen molar-refractivity contribution >= 4 is 12.0 Å². The number of methoxy groups -OCH3 is 1. The molecule has 0 aliphatic heterocycles. The van der Waals surface area contributed by atoms with Crippen molar-refractivity contribution in [3.63, 3.8) is 0 Å². The Hall–Kier alpha value is -4.53. The molecular weight excluding hydrogens is 464 g/mol. The van der Waals surface area contributed by atoms with Crippen LogP contribution in [0.15, 0.2) is 69.8 Å². The third-order valence-electron chi connectivity index (χ3n) is 5.08. The summed E-state index contributed by atoms with van der Waals surface area (Å²) < 4.78 is 33.3. The molecule has 0 bridgehead atoms. The topological polar surface area (TPSA) is 106 Å². The number of nitrogens with zero attached hydrogens (tertiary/aromatic N) is 2. The molecule has 0 saturated carbocycles. The van der Waals surface area contributed by atoms with Gasteiger partial charge in [-0.3, -0.25) is 0 Å². The first-order valence-corrected chi connectivity index (χ1v) is 11.3. The van der Waals surface area contributed by atoms with Crippen molar-refractivity contribution in [2.75, 3.05) is 13.7 Å². The van der Waals surface area contributed by atoms with Gasteiger partial charge in [-0.05, 0) is 61.9 Å². The summed E-state index contributed by atoms with van der Waals surface area (Å²) >= 11 is 0. The normalized spacial score (nSPS) is 11.0. The lowest BCUT2D eigenvalue weighted by molar-refractivity contribution is -0.137. The molecule has 0 aliphatic carbocycles. The van der Waals surface area contributed by atoms with Crippen LogP contribution in [0.2, 0.25) is 0 Å². The van der Waals surface area contributed by atoms with Crippen molar-refractivity contribution in [2.24, 2.45) is 0 Å². The highest BCUT2D eigenvalue weighted by Gasteiger charge is 2.15. The van der Waals surface area contributed by atoms with E-state index < -0.39 is 5.97 Å². The van der Waals surface area contributed by atoms with Gasteiger partial charge in [0, 0.05) is 17.8 Å². The number of hydrogen-bond donors (Lipinski definition) is 0.